The molecule has 1 aliphatic rings. The summed E-state index contributed by atoms with van der Waals surface area (Å²) < 4.78 is 27.8. The maximum Gasteiger partial charge on any atom is 0.251 e. The molecule has 1 amide bonds. The number of carbonyl (C=O) groups excluding carboxylic acids is 1. The van der Waals surface area contributed by atoms with Crippen molar-refractivity contribution < 1.29 is 13.2 Å². The van der Waals surface area contributed by atoms with Gasteiger partial charge >= 0.3 is 0 Å². The van der Waals surface area contributed by atoms with E-state index in [1.165, 1.54) is 12.1 Å². The number of benzene rings is 1. The Hall–Kier alpha value is -1.15. The van der Waals surface area contributed by atoms with Gasteiger partial charge in [-0.1, -0.05) is 38.7 Å². The summed E-state index contributed by atoms with van der Waals surface area (Å²) in [5, 5.41) is 2.89. The van der Waals surface area contributed by atoms with Gasteiger partial charge in [-0.05, 0) is 37.5 Å². The molecule has 148 valence electrons. The lowest BCUT2D eigenvalue weighted by molar-refractivity contribution is 0.0935. The van der Waals surface area contributed by atoms with Crippen LogP contribution in [0.2, 0.25) is 0 Å². The van der Waals surface area contributed by atoms with E-state index in [1.54, 1.807) is 12.1 Å². The average Bonchev–Trinajstić information content (AvgIpc) is 3.10. The third kappa shape index (κ3) is 6.54. The maximum atomic E-state index is 12.5. The second kappa shape index (κ2) is 10.9. The number of nitrogens with one attached hydrogen (secondary N) is 2. The second-order valence-electron chi connectivity index (χ2n) is 6.68. The normalized spacial score (nSPS) is 16.1. The van der Waals surface area contributed by atoms with E-state index >= 15 is 0 Å². The van der Waals surface area contributed by atoms with Crippen LogP contribution in [0.3, 0.4) is 0 Å². The van der Waals surface area contributed by atoms with Crippen LogP contribution in [0, 0.1) is 0 Å². The SMILES string of the molecule is CCCCC(CN)NC(=O)c1cccc(S(=O)(=O)NC2CCCC2)c1.Cl. The zero-order valence-electron chi connectivity index (χ0n) is 15.2. The van der Waals surface area contributed by atoms with E-state index in [-0.39, 0.29) is 35.3 Å². The van der Waals surface area contributed by atoms with Crippen molar-refractivity contribution in [3.8, 4) is 0 Å². The van der Waals surface area contributed by atoms with Crippen molar-refractivity contribution in [1.29, 1.82) is 0 Å². The molecule has 0 aromatic heterocycles. The van der Waals surface area contributed by atoms with Crippen LogP contribution < -0.4 is 15.8 Å². The number of nitrogens with two attached hydrogens (primary N) is 1. The highest BCUT2D eigenvalue weighted by Crippen LogP contribution is 2.21. The Morgan fingerprint density at radius 2 is 2.00 bits per heavy atom. The molecule has 1 aliphatic carbocycles. The third-order valence-electron chi connectivity index (χ3n) is 4.61. The third-order valence-corrected chi connectivity index (χ3v) is 6.13. The van der Waals surface area contributed by atoms with Crippen LogP contribution in [0.5, 0.6) is 0 Å². The number of halogens is 1. The Balaban J connectivity index is 0.00000338. The van der Waals surface area contributed by atoms with Crippen LogP contribution >= 0.6 is 12.4 Å². The van der Waals surface area contributed by atoms with Crippen molar-refractivity contribution >= 4 is 28.3 Å². The summed E-state index contributed by atoms with van der Waals surface area (Å²) in [6, 6.07) is 6.08. The number of rotatable bonds is 9. The van der Waals surface area contributed by atoms with Crippen molar-refractivity contribution in [3.63, 3.8) is 0 Å². The Labute approximate surface area is 162 Å². The molecule has 2 rings (SSSR count). The first-order valence-corrected chi connectivity index (χ1v) is 10.6. The topological polar surface area (TPSA) is 101 Å². The van der Waals surface area contributed by atoms with Gasteiger partial charge in [-0.3, -0.25) is 4.79 Å². The Bertz CT molecular complexity index is 676. The first-order chi connectivity index (χ1) is 12.0. The highest BCUT2D eigenvalue weighted by atomic mass is 35.5. The standard InChI is InChI=1S/C18H29N3O3S.ClH/c1-2-3-8-16(13-19)20-18(22)14-7-6-11-17(12-14)25(23,24)21-15-9-4-5-10-15;/h6-7,11-12,15-16,21H,2-5,8-10,13,19H2,1H3,(H,20,22);1H. The van der Waals surface area contributed by atoms with Crippen LogP contribution in [0.25, 0.3) is 0 Å². The smallest absolute Gasteiger partial charge is 0.251 e. The summed E-state index contributed by atoms with van der Waals surface area (Å²) in [4.78, 5) is 12.5. The highest BCUT2D eigenvalue weighted by Gasteiger charge is 2.23. The predicted octanol–water partition coefficient (Wildman–Crippen LogP) is 2.58. The van der Waals surface area contributed by atoms with E-state index < -0.39 is 10.0 Å². The fourth-order valence-electron chi connectivity index (χ4n) is 3.10. The molecule has 1 atom stereocenters. The van der Waals surface area contributed by atoms with Gasteiger partial charge in [0.15, 0.2) is 0 Å². The van der Waals surface area contributed by atoms with Crippen molar-refractivity contribution in [3.05, 3.63) is 29.8 Å². The summed E-state index contributed by atoms with van der Waals surface area (Å²) in [7, 11) is -3.60. The number of unbranched alkanes of at least 4 members (excludes halogenated alkanes) is 1. The molecular formula is C18H30ClN3O3S. The average molecular weight is 404 g/mol. The van der Waals surface area contributed by atoms with E-state index in [9.17, 15) is 13.2 Å². The summed E-state index contributed by atoms with van der Waals surface area (Å²) in [5.74, 6) is -0.288. The molecule has 1 aromatic carbocycles. The lowest BCUT2D eigenvalue weighted by atomic mass is 10.1. The molecule has 1 saturated carbocycles. The molecule has 1 fully saturated rings. The van der Waals surface area contributed by atoms with Gasteiger partial charge in [-0.25, -0.2) is 13.1 Å². The largest absolute Gasteiger partial charge is 0.348 e. The van der Waals surface area contributed by atoms with E-state index in [0.717, 1.165) is 44.9 Å². The molecule has 1 unspecified atom stereocenters. The minimum Gasteiger partial charge on any atom is -0.348 e. The molecule has 0 heterocycles. The van der Waals surface area contributed by atoms with E-state index in [0.29, 0.717) is 12.1 Å². The lowest BCUT2D eigenvalue weighted by Gasteiger charge is -2.17. The number of hydrogen-bond acceptors (Lipinski definition) is 4. The minimum atomic E-state index is -3.60. The monoisotopic (exact) mass is 403 g/mol. The van der Waals surface area contributed by atoms with Crippen molar-refractivity contribution in [2.45, 2.75) is 68.8 Å². The van der Waals surface area contributed by atoms with Gasteiger partial charge in [0.25, 0.3) is 5.91 Å². The van der Waals surface area contributed by atoms with Crippen LogP contribution in [0.4, 0.5) is 0 Å². The van der Waals surface area contributed by atoms with Crippen LogP contribution in [-0.2, 0) is 10.0 Å². The molecule has 8 heteroatoms. The molecule has 0 saturated heterocycles. The second-order valence-corrected chi connectivity index (χ2v) is 8.39. The number of hydrogen-bond donors (Lipinski definition) is 3. The molecule has 4 N–H and O–H groups in total. The first-order valence-electron chi connectivity index (χ1n) is 9.09. The molecule has 1 aromatic rings. The maximum absolute atomic E-state index is 12.5. The van der Waals surface area contributed by atoms with Gasteiger partial charge in [0.05, 0.1) is 4.90 Å². The van der Waals surface area contributed by atoms with Crippen molar-refractivity contribution in [2.24, 2.45) is 5.73 Å². The fraction of sp³-hybridized carbons (Fsp3) is 0.611. The van der Waals surface area contributed by atoms with Crippen molar-refractivity contribution in [2.75, 3.05) is 6.54 Å². The van der Waals surface area contributed by atoms with Gasteiger partial charge in [-0.2, -0.15) is 0 Å². The molecule has 0 bridgehead atoms. The van der Waals surface area contributed by atoms with Gasteiger partial charge in [0.1, 0.15) is 0 Å². The quantitative estimate of drug-likeness (QED) is 0.589. The van der Waals surface area contributed by atoms with Crippen LogP contribution in [0.1, 0.15) is 62.2 Å². The molecule has 0 spiro atoms. The Kier molecular flexibility index (Phi) is 9.57. The first kappa shape index (κ1) is 22.9. The summed E-state index contributed by atoms with van der Waals surface area (Å²) >= 11 is 0. The summed E-state index contributed by atoms with van der Waals surface area (Å²) in [6.07, 6.45) is 6.68. The molecule has 26 heavy (non-hydrogen) atoms. The molecule has 6 nitrogen and oxygen atoms in total. The molecule has 0 aliphatic heterocycles. The minimum absolute atomic E-state index is 0. The Morgan fingerprint density at radius 3 is 2.62 bits per heavy atom. The van der Waals surface area contributed by atoms with E-state index in [2.05, 4.69) is 17.0 Å². The van der Waals surface area contributed by atoms with E-state index in [4.69, 9.17) is 5.73 Å². The predicted molar refractivity (Wildman–Crippen MR) is 106 cm³/mol. The zero-order valence-corrected chi connectivity index (χ0v) is 16.9. The fourth-order valence-corrected chi connectivity index (χ4v) is 4.45. The van der Waals surface area contributed by atoms with Gasteiger partial charge < -0.3 is 11.1 Å². The molecular weight excluding hydrogens is 374 g/mol. The van der Waals surface area contributed by atoms with Crippen LogP contribution in [0.15, 0.2) is 29.2 Å². The number of sulfonamides is 1. The van der Waals surface area contributed by atoms with Crippen molar-refractivity contribution in [1.82, 2.24) is 10.0 Å². The highest BCUT2D eigenvalue weighted by molar-refractivity contribution is 7.89. The van der Waals surface area contributed by atoms with Gasteiger partial charge in [-0.15, -0.1) is 12.4 Å². The summed E-state index contributed by atoms with van der Waals surface area (Å²) in [5.41, 5.74) is 6.05. The summed E-state index contributed by atoms with van der Waals surface area (Å²) in [6.45, 7) is 2.45. The molecule has 0 radical (unpaired) electrons. The van der Waals surface area contributed by atoms with Gasteiger partial charge in [0.2, 0.25) is 10.0 Å². The Morgan fingerprint density at radius 1 is 1.31 bits per heavy atom. The van der Waals surface area contributed by atoms with E-state index in [1.807, 2.05) is 0 Å². The van der Waals surface area contributed by atoms with Crippen LogP contribution in [-0.4, -0.2) is 33.0 Å². The number of carbonyl (C=O) groups is 1. The number of amides is 1. The lowest BCUT2D eigenvalue weighted by Crippen LogP contribution is -2.40. The van der Waals surface area contributed by atoms with Gasteiger partial charge in [0, 0.05) is 24.2 Å². The zero-order chi connectivity index (χ0) is 18.3.